The predicted octanol–water partition coefficient (Wildman–Crippen LogP) is 3.83. The van der Waals surface area contributed by atoms with Crippen molar-refractivity contribution in [3.05, 3.63) is 66.2 Å². The van der Waals surface area contributed by atoms with Crippen LogP contribution in [-0.4, -0.2) is 72.7 Å². The number of halogens is 2. The van der Waals surface area contributed by atoms with Gasteiger partial charge in [0.15, 0.2) is 0 Å². The van der Waals surface area contributed by atoms with E-state index in [1.807, 2.05) is 35.6 Å². The number of aromatic nitrogens is 2. The zero-order valence-electron chi connectivity index (χ0n) is 21.2. The molecule has 39 heavy (non-hydrogen) atoms. The number of alkyl halides is 2. The van der Waals surface area contributed by atoms with Crippen LogP contribution in [0.5, 0.6) is 0 Å². The van der Waals surface area contributed by atoms with E-state index in [2.05, 4.69) is 31.7 Å². The number of amides is 1. The summed E-state index contributed by atoms with van der Waals surface area (Å²) in [6, 6.07) is 11.5. The standard InChI is InChI=1S/C28H27F2N7O2/c29-28(30)4-6-36(17-28)25-13-20(3-5-32-25)33-27(38)26-22-12-18(1-2-23(22)34-37-16-24(26)37)19-11-21(15-31-14-19)35-7-9-39-10-8-35/h1-3,5,11-15,34H,4,6-10,16-17H2,(H,32,33,38). The van der Waals surface area contributed by atoms with Crippen molar-refractivity contribution in [2.24, 2.45) is 0 Å². The summed E-state index contributed by atoms with van der Waals surface area (Å²) in [6.45, 7) is 3.54. The third-order valence-electron chi connectivity index (χ3n) is 7.52. The van der Waals surface area contributed by atoms with E-state index >= 15 is 0 Å². The largest absolute Gasteiger partial charge is 0.378 e. The predicted molar refractivity (Wildman–Crippen MR) is 145 cm³/mol. The lowest BCUT2D eigenvalue weighted by Gasteiger charge is -2.28. The Morgan fingerprint density at radius 3 is 2.72 bits per heavy atom. The van der Waals surface area contributed by atoms with Crippen molar-refractivity contribution < 1.29 is 18.3 Å². The van der Waals surface area contributed by atoms with Gasteiger partial charge in [-0.2, -0.15) is 0 Å². The number of hydrazine groups is 1. The lowest BCUT2D eigenvalue weighted by Crippen LogP contribution is -2.36. The van der Waals surface area contributed by atoms with Crippen molar-refractivity contribution in [2.45, 2.75) is 12.3 Å². The van der Waals surface area contributed by atoms with Crippen molar-refractivity contribution in [2.75, 3.05) is 66.5 Å². The molecule has 0 unspecified atom stereocenters. The Balaban J connectivity index is 1.16. The van der Waals surface area contributed by atoms with Crippen LogP contribution in [0, 0.1) is 0 Å². The first-order valence-corrected chi connectivity index (χ1v) is 13.0. The SMILES string of the molecule is O=C(Nc1ccnc(N2CCC(F)(F)C2)c1)C1=C2CN2Nc2ccc(-c3cncc(N4CCOCC4)c3)cc21. The van der Waals surface area contributed by atoms with E-state index in [9.17, 15) is 13.6 Å². The molecule has 3 aromatic rings. The van der Waals surface area contributed by atoms with Gasteiger partial charge in [-0.15, -0.1) is 0 Å². The fourth-order valence-corrected chi connectivity index (χ4v) is 5.39. The minimum atomic E-state index is -2.73. The minimum Gasteiger partial charge on any atom is -0.378 e. The number of morpholine rings is 1. The third-order valence-corrected chi connectivity index (χ3v) is 7.52. The van der Waals surface area contributed by atoms with Crippen LogP contribution < -0.4 is 20.5 Å². The molecule has 0 aliphatic carbocycles. The number of carbonyl (C=O) groups is 1. The summed E-state index contributed by atoms with van der Waals surface area (Å²) in [4.78, 5) is 26.1. The van der Waals surface area contributed by atoms with Gasteiger partial charge in [-0.3, -0.25) is 20.2 Å². The molecular weight excluding hydrogens is 504 g/mol. The molecule has 11 heteroatoms. The number of rotatable bonds is 5. The first-order valence-electron chi connectivity index (χ1n) is 13.0. The second kappa shape index (κ2) is 9.19. The quantitative estimate of drug-likeness (QED) is 0.481. The van der Waals surface area contributed by atoms with Crippen LogP contribution in [0.15, 0.2) is 60.7 Å². The molecule has 4 aliphatic heterocycles. The van der Waals surface area contributed by atoms with Crippen molar-refractivity contribution in [3.63, 3.8) is 0 Å². The molecule has 0 saturated carbocycles. The number of ether oxygens (including phenoxy) is 1. The van der Waals surface area contributed by atoms with Gasteiger partial charge in [0.25, 0.3) is 11.8 Å². The van der Waals surface area contributed by atoms with E-state index in [1.54, 1.807) is 17.0 Å². The zero-order valence-corrected chi connectivity index (χ0v) is 21.2. The van der Waals surface area contributed by atoms with E-state index in [1.165, 1.54) is 6.20 Å². The Morgan fingerprint density at radius 2 is 1.90 bits per heavy atom. The third kappa shape index (κ3) is 4.63. The van der Waals surface area contributed by atoms with Crippen LogP contribution in [-0.2, 0) is 9.53 Å². The molecule has 0 atom stereocenters. The van der Waals surface area contributed by atoms with E-state index in [4.69, 9.17) is 4.74 Å². The topological polar surface area (TPSA) is 85.6 Å². The summed E-state index contributed by atoms with van der Waals surface area (Å²) in [5.74, 6) is -2.55. The Hall–Kier alpha value is -4.25. The number of carbonyl (C=O) groups excluding carboxylic acids is 1. The van der Waals surface area contributed by atoms with Crippen LogP contribution in [0.3, 0.4) is 0 Å². The molecule has 3 fully saturated rings. The van der Waals surface area contributed by atoms with E-state index in [0.29, 0.717) is 36.8 Å². The molecule has 7 rings (SSSR count). The van der Waals surface area contributed by atoms with Crippen molar-refractivity contribution >= 4 is 34.4 Å². The highest BCUT2D eigenvalue weighted by atomic mass is 19.3. The van der Waals surface area contributed by atoms with Crippen LogP contribution in [0.1, 0.15) is 12.0 Å². The molecule has 2 aromatic heterocycles. The van der Waals surface area contributed by atoms with E-state index in [0.717, 1.165) is 46.9 Å². The molecule has 9 nitrogen and oxygen atoms in total. The lowest BCUT2D eigenvalue weighted by atomic mass is 9.96. The molecule has 200 valence electrons. The molecule has 0 radical (unpaired) electrons. The normalized spacial score (nSPS) is 19.4. The zero-order chi connectivity index (χ0) is 26.6. The van der Waals surface area contributed by atoms with E-state index < -0.39 is 5.92 Å². The fourth-order valence-electron chi connectivity index (χ4n) is 5.39. The number of nitrogens with one attached hydrogen (secondary N) is 2. The molecular formula is C28H27F2N7O2. The summed E-state index contributed by atoms with van der Waals surface area (Å²) in [6.07, 6.45) is 5.03. The van der Waals surface area contributed by atoms with Crippen LogP contribution >= 0.6 is 0 Å². The monoisotopic (exact) mass is 531 g/mol. The van der Waals surface area contributed by atoms with Gasteiger partial charge in [0.2, 0.25) is 0 Å². The molecule has 4 aliphatic rings. The molecule has 6 heterocycles. The van der Waals surface area contributed by atoms with Gasteiger partial charge in [-0.25, -0.2) is 13.8 Å². The molecule has 2 N–H and O–H groups in total. The second-order valence-corrected chi connectivity index (χ2v) is 10.2. The fraction of sp³-hybridized carbons (Fsp3) is 0.321. The highest BCUT2D eigenvalue weighted by Gasteiger charge is 2.40. The van der Waals surface area contributed by atoms with Gasteiger partial charge >= 0.3 is 0 Å². The summed E-state index contributed by atoms with van der Waals surface area (Å²) < 4.78 is 32.9. The van der Waals surface area contributed by atoms with Gasteiger partial charge in [0.1, 0.15) is 5.82 Å². The Labute approximate surface area is 224 Å². The first-order chi connectivity index (χ1) is 18.9. The maximum atomic E-state index is 13.7. The smallest absolute Gasteiger partial charge is 0.266 e. The average Bonchev–Trinajstić information content (AvgIpc) is 3.63. The average molecular weight is 532 g/mol. The molecule has 1 amide bonds. The second-order valence-electron chi connectivity index (χ2n) is 10.2. The first kappa shape index (κ1) is 23.8. The highest BCUT2D eigenvalue weighted by molar-refractivity contribution is 6.28. The highest BCUT2D eigenvalue weighted by Crippen LogP contribution is 2.43. The number of nitrogens with zero attached hydrogens (tertiary/aromatic N) is 5. The van der Waals surface area contributed by atoms with Crippen molar-refractivity contribution in [1.29, 1.82) is 0 Å². The van der Waals surface area contributed by atoms with Crippen LogP contribution in [0.25, 0.3) is 16.7 Å². The number of benzene rings is 1. The molecule has 0 spiro atoms. The van der Waals surface area contributed by atoms with Crippen molar-refractivity contribution in [3.8, 4) is 11.1 Å². The summed E-state index contributed by atoms with van der Waals surface area (Å²) in [5.41, 5.74) is 9.97. The minimum absolute atomic E-state index is 0.200. The number of hydrogen-bond donors (Lipinski definition) is 2. The van der Waals surface area contributed by atoms with Gasteiger partial charge in [0, 0.05) is 61.3 Å². The Bertz CT molecular complexity index is 1490. The van der Waals surface area contributed by atoms with Crippen LogP contribution in [0.4, 0.5) is 31.7 Å². The van der Waals surface area contributed by atoms with Gasteiger partial charge < -0.3 is 19.9 Å². The maximum absolute atomic E-state index is 13.7. The molecule has 3 saturated heterocycles. The van der Waals surface area contributed by atoms with Gasteiger partial charge in [-0.1, -0.05) is 6.07 Å². The summed E-state index contributed by atoms with van der Waals surface area (Å²) in [7, 11) is 0. The number of hydrogen-bond acceptors (Lipinski definition) is 8. The Morgan fingerprint density at radius 1 is 1.03 bits per heavy atom. The van der Waals surface area contributed by atoms with Gasteiger partial charge in [-0.05, 0) is 29.8 Å². The lowest BCUT2D eigenvalue weighted by molar-refractivity contribution is -0.111. The number of anilines is 4. The van der Waals surface area contributed by atoms with Gasteiger partial charge in [0.05, 0.1) is 55.1 Å². The van der Waals surface area contributed by atoms with Crippen LogP contribution in [0.2, 0.25) is 0 Å². The Kier molecular flexibility index (Phi) is 5.62. The summed E-state index contributed by atoms with van der Waals surface area (Å²) >= 11 is 0. The summed E-state index contributed by atoms with van der Waals surface area (Å²) in [5, 5.41) is 4.90. The maximum Gasteiger partial charge on any atom is 0.266 e. The molecule has 1 aromatic carbocycles. The van der Waals surface area contributed by atoms with Crippen molar-refractivity contribution in [1.82, 2.24) is 15.0 Å². The molecule has 0 bridgehead atoms. The van der Waals surface area contributed by atoms with E-state index in [-0.39, 0.29) is 25.4 Å². The number of fused-ring (bicyclic) bond motifs is 2. The number of pyridine rings is 2.